The lowest BCUT2D eigenvalue weighted by atomic mass is 9.96. The molecule has 1 aliphatic rings. The van der Waals surface area contributed by atoms with E-state index < -0.39 is 23.7 Å². The summed E-state index contributed by atoms with van der Waals surface area (Å²) in [5.74, 6) is -2.29. The largest absolute Gasteiger partial charge is 0.505 e. The van der Waals surface area contributed by atoms with Crippen LogP contribution in [0.15, 0.2) is 66.9 Å². The summed E-state index contributed by atoms with van der Waals surface area (Å²) >= 11 is 0.930. The van der Waals surface area contributed by atoms with Crippen molar-refractivity contribution in [3.63, 3.8) is 0 Å². The Labute approximate surface area is 227 Å². The predicted molar refractivity (Wildman–Crippen MR) is 145 cm³/mol. The number of thiazole rings is 1. The van der Waals surface area contributed by atoms with Crippen molar-refractivity contribution < 1.29 is 29.0 Å². The zero-order chi connectivity index (χ0) is 27.8. The zero-order valence-electron chi connectivity index (χ0n) is 21.4. The molecular formula is C28H24N4O6S. The molecule has 198 valence electrons. The second-order valence-electron chi connectivity index (χ2n) is 8.72. The van der Waals surface area contributed by atoms with Crippen LogP contribution in [0.5, 0.6) is 5.75 Å². The van der Waals surface area contributed by atoms with Gasteiger partial charge in [0.15, 0.2) is 10.9 Å². The van der Waals surface area contributed by atoms with E-state index in [0.29, 0.717) is 34.0 Å². The number of benzene rings is 1. The minimum atomic E-state index is -1.07. The Morgan fingerprint density at radius 3 is 2.69 bits per heavy atom. The van der Waals surface area contributed by atoms with Crippen LogP contribution in [0.2, 0.25) is 0 Å². The smallest absolute Gasteiger partial charge is 0.350 e. The number of rotatable bonds is 7. The first-order valence-electron chi connectivity index (χ1n) is 11.9. The zero-order valence-corrected chi connectivity index (χ0v) is 22.2. The van der Waals surface area contributed by atoms with Crippen molar-refractivity contribution in [3.8, 4) is 5.75 Å². The first-order chi connectivity index (χ1) is 18.8. The number of pyridine rings is 1. The highest BCUT2D eigenvalue weighted by Gasteiger charge is 2.49. The number of nitrogens with zero attached hydrogens (tertiary/aromatic N) is 4. The maximum atomic E-state index is 13.6. The molecule has 4 heterocycles. The van der Waals surface area contributed by atoms with E-state index >= 15 is 0 Å². The maximum absolute atomic E-state index is 13.6. The van der Waals surface area contributed by atoms with Crippen LogP contribution in [0.4, 0.5) is 5.13 Å². The van der Waals surface area contributed by atoms with Crippen LogP contribution in [0.25, 0.3) is 11.4 Å². The standard InChI is InChI=1S/C28H24N4O6S/c1-5-13-38-18-10-8-9-17(14-18)22-20(23(33)21-15(2)29-19-11-6-7-12-31(19)21)24(34)26(35)32(22)28-30-16(3)25(39-28)27(36)37-4/h5-12,14,22,33H,1,13H2,2-4H3/b23-20+. The fourth-order valence-corrected chi connectivity index (χ4v) is 5.58. The van der Waals surface area contributed by atoms with Gasteiger partial charge in [0.25, 0.3) is 5.78 Å². The summed E-state index contributed by atoms with van der Waals surface area (Å²) in [6.07, 6.45) is 3.31. The number of anilines is 1. The van der Waals surface area contributed by atoms with Crippen molar-refractivity contribution >= 4 is 45.5 Å². The molecule has 3 aromatic heterocycles. The van der Waals surface area contributed by atoms with E-state index in [1.54, 1.807) is 66.9 Å². The minimum absolute atomic E-state index is 0.117. The second-order valence-corrected chi connectivity index (χ2v) is 9.70. The molecule has 0 spiro atoms. The topological polar surface area (TPSA) is 123 Å². The number of ether oxygens (including phenoxy) is 2. The van der Waals surface area contributed by atoms with Gasteiger partial charge >= 0.3 is 11.9 Å². The Balaban J connectivity index is 1.75. The summed E-state index contributed by atoms with van der Waals surface area (Å²) in [7, 11) is 1.25. The van der Waals surface area contributed by atoms with Crippen LogP contribution in [0.3, 0.4) is 0 Å². The number of aliphatic hydroxyl groups is 1. The van der Waals surface area contributed by atoms with Gasteiger partial charge in [0.2, 0.25) is 0 Å². The van der Waals surface area contributed by atoms with E-state index in [0.717, 1.165) is 11.3 Å². The molecule has 0 bridgehead atoms. The maximum Gasteiger partial charge on any atom is 0.350 e. The van der Waals surface area contributed by atoms with Gasteiger partial charge in [0.05, 0.1) is 30.1 Å². The number of ketones is 1. The Bertz CT molecular complexity index is 1680. The fourth-order valence-electron chi connectivity index (χ4n) is 4.57. The van der Waals surface area contributed by atoms with Gasteiger partial charge in [-0.3, -0.25) is 18.9 Å². The highest BCUT2D eigenvalue weighted by Crippen LogP contribution is 2.44. The van der Waals surface area contributed by atoms with E-state index in [9.17, 15) is 19.5 Å². The van der Waals surface area contributed by atoms with Gasteiger partial charge in [-0.2, -0.15) is 0 Å². The van der Waals surface area contributed by atoms with Gasteiger partial charge in [0.1, 0.15) is 28.6 Å². The molecule has 39 heavy (non-hydrogen) atoms. The van der Waals surface area contributed by atoms with E-state index in [2.05, 4.69) is 16.5 Å². The number of imidazole rings is 1. The summed E-state index contributed by atoms with van der Waals surface area (Å²) in [6.45, 7) is 7.24. The molecule has 1 unspecified atom stereocenters. The number of hydrogen-bond donors (Lipinski definition) is 1. The first-order valence-corrected chi connectivity index (χ1v) is 12.7. The van der Waals surface area contributed by atoms with Crippen LogP contribution < -0.4 is 9.64 Å². The molecule has 0 saturated carbocycles. The number of aryl methyl sites for hydroxylation is 2. The van der Waals surface area contributed by atoms with Crippen molar-refractivity contribution in [2.75, 3.05) is 18.6 Å². The number of esters is 1. The highest BCUT2D eigenvalue weighted by atomic mass is 32.1. The third-order valence-electron chi connectivity index (χ3n) is 6.28. The molecule has 10 nitrogen and oxygen atoms in total. The molecule has 1 aliphatic heterocycles. The summed E-state index contributed by atoms with van der Waals surface area (Å²) in [5, 5.41) is 11.8. The lowest BCUT2D eigenvalue weighted by Crippen LogP contribution is -2.29. The lowest BCUT2D eigenvalue weighted by Gasteiger charge is -2.23. The van der Waals surface area contributed by atoms with E-state index in [4.69, 9.17) is 9.47 Å². The van der Waals surface area contributed by atoms with Gasteiger partial charge in [0, 0.05) is 6.20 Å². The summed E-state index contributed by atoms with van der Waals surface area (Å²) in [5.41, 5.74) is 2.05. The van der Waals surface area contributed by atoms with Gasteiger partial charge in [-0.25, -0.2) is 14.8 Å². The third-order valence-corrected chi connectivity index (χ3v) is 7.41. The van der Waals surface area contributed by atoms with Gasteiger partial charge in [-0.1, -0.05) is 42.2 Å². The SMILES string of the molecule is C=CCOc1cccc(C2/C(=C(\O)c3c(C)nc4ccccn34)C(=O)C(=O)N2c2nc(C)c(C(=O)OC)s2)c1. The van der Waals surface area contributed by atoms with E-state index in [1.165, 1.54) is 12.0 Å². The number of fused-ring (bicyclic) bond motifs is 1. The molecule has 1 fully saturated rings. The predicted octanol–water partition coefficient (Wildman–Crippen LogP) is 4.39. The van der Waals surface area contributed by atoms with Crippen LogP contribution in [0.1, 0.15) is 38.4 Å². The molecule has 0 aliphatic carbocycles. The Hall–Kier alpha value is -4.77. The molecule has 11 heteroatoms. The Morgan fingerprint density at radius 2 is 1.95 bits per heavy atom. The average Bonchev–Trinajstić information content (AvgIpc) is 3.57. The average molecular weight is 545 g/mol. The third kappa shape index (κ3) is 4.36. The number of aliphatic hydroxyl groups excluding tert-OH is 1. The van der Waals surface area contributed by atoms with E-state index in [-0.39, 0.29) is 27.9 Å². The van der Waals surface area contributed by atoms with Crippen LogP contribution >= 0.6 is 11.3 Å². The quantitative estimate of drug-likeness (QED) is 0.120. The molecule has 1 N–H and O–H groups in total. The highest BCUT2D eigenvalue weighted by molar-refractivity contribution is 7.17. The number of Topliss-reactive ketones (excluding diaryl/α,β-unsaturated/α-hetero) is 1. The molecule has 1 aromatic carbocycles. The molecule has 1 saturated heterocycles. The lowest BCUT2D eigenvalue weighted by molar-refractivity contribution is -0.132. The number of aromatic nitrogens is 3. The summed E-state index contributed by atoms with van der Waals surface area (Å²) in [6, 6.07) is 11.1. The van der Waals surface area contributed by atoms with Crippen molar-refractivity contribution in [3.05, 3.63) is 94.4 Å². The molecule has 5 rings (SSSR count). The number of carbonyl (C=O) groups is 3. The Morgan fingerprint density at radius 1 is 1.15 bits per heavy atom. The normalized spacial score (nSPS) is 16.6. The molecule has 0 radical (unpaired) electrons. The van der Waals surface area contributed by atoms with E-state index in [1.807, 2.05) is 6.07 Å². The number of methoxy groups -OCH3 is 1. The number of hydrogen-bond acceptors (Lipinski definition) is 9. The fraction of sp³-hybridized carbons (Fsp3) is 0.179. The van der Waals surface area contributed by atoms with Crippen LogP contribution in [0, 0.1) is 13.8 Å². The second kappa shape index (κ2) is 10.2. The van der Waals surface area contributed by atoms with Gasteiger partial charge in [-0.05, 0) is 43.7 Å². The molecular weight excluding hydrogens is 520 g/mol. The molecule has 1 atom stereocenters. The van der Waals surface area contributed by atoms with Crippen molar-refractivity contribution in [2.45, 2.75) is 19.9 Å². The van der Waals surface area contributed by atoms with Crippen molar-refractivity contribution in [1.82, 2.24) is 14.4 Å². The monoisotopic (exact) mass is 544 g/mol. The van der Waals surface area contributed by atoms with Crippen molar-refractivity contribution in [1.29, 1.82) is 0 Å². The number of amides is 1. The molecule has 4 aromatic rings. The summed E-state index contributed by atoms with van der Waals surface area (Å²) in [4.78, 5) is 49.7. The Kier molecular flexibility index (Phi) is 6.75. The summed E-state index contributed by atoms with van der Waals surface area (Å²) < 4.78 is 12.2. The van der Waals surface area contributed by atoms with Crippen LogP contribution in [-0.2, 0) is 14.3 Å². The first kappa shape index (κ1) is 25.9. The van der Waals surface area contributed by atoms with Crippen LogP contribution in [-0.4, -0.2) is 50.9 Å². The van der Waals surface area contributed by atoms with Gasteiger partial charge in [-0.15, -0.1) is 0 Å². The molecule has 1 amide bonds. The minimum Gasteiger partial charge on any atom is -0.505 e. The van der Waals surface area contributed by atoms with Crippen molar-refractivity contribution in [2.24, 2.45) is 0 Å². The van der Waals surface area contributed by atoms with Gasteiger partial charge < -0.3 is 14.6 Å². The number of carbonyl (C=O) groups excluding carboxylic acids is 3.